The summed E-state index contributed by atoms with van der Waals surface area (Å²) in [5, 5.41) is 6.16. The molecule has 4 heteroatoms. The summed E-state index contributed by atoms with van der Waals surface area (Å²) in [5.41, 5.74) is 3.13. The molecule has 0 aliphatic carbocycles. The monoisotopic (exact) mass is 324 g/mol. The van der Waals surface area contributed by atoms with Crippen molar-refractivity contribution in [3.63, 3.8) is 0 Å². The lowest BCUT2D eigenvalue weighted by Crippen LogP contribution is -2.24. The number of carbonyl (C=O) groups is 1. The maximum atomic E-state index is 11.5. The summed E-state index contributed by atoms with van der Waals surface area (Å²) in [6, 6.07) is 18.2. The molecule has 0 unspecified atom stereocenters. The van der Waals surface area contributed by atoms with Gasteiger partial charge in [-0.3, -0.25) is 4.79 Å². The molecule has 2 N–H and O–H groups in total. The average molecular weight is 324 g/mol. The number of ether oxygens (including phenoxy) is 1. The Labute approximate surface area is 143 Å². The third-order valence-corrected chi connectivity index (χ3v) is 4.52. The van der Waals surface area contributed by atoms with E-state index in [4.69, 9.17) is 4.74 Å². The van der Waals surface area contributed by atoms with Crippen molar-refractivity contribution in [2.75, 3.05) is 20.2 Å². The first kappa shape index (κ1) is 16.7. The molecule has 2 aromatic carbocycles. The van der Waals surface area contributed by atoms with E-state index in [9.17, 15) is 4.79 Å². The van der Waals surface area contributed by atoms with Crippen LogP contribution in [0.4, 0.5) is 0 Å². The summed E-state index contributed by atoms with van der Waals surface area (Å²) >= 11 is 0. The Bertz CT molecular complexity index is 655. The van der Waals surface area contributed by atoms with Crippen molar-refractivity contribution < 1.29 is 9.53 Å². The van der Waals surface area contributed by atoms with Crippen LogP contribution in [0.5, 0.6) is 0 Å². The molecule has 1 saturated heterocycles. The van der Waals surface area contributed by atoms with E-state index in [1.165, 1.54) is 11.1 Å². The van der Waals surface area contributed by atoms with E-state index >= 15 is 0 Å². The Morgan fingerprint density at radius 1 is 1.12 bits per heavy atom. The summed E-state index contributed by atoms with van der Waals surface area (Å²) in [4.78, 5) is 11.5. The zero-order valence-corrected chi connectivity index (χ0v) is 14.0. The molecule has 0 saturated carbocycles. The van der Waals surface area contributed by atoms with Gasteiger partial charge in [0.05, 0.1) is 6.10 Å². The minimum atomic E-state index is -0.0525. The Balaban J connectivity index is 1.51. The molecule has 3 rings (SSSR count). The minimum Gasteiger partial charge on any atom is -0.373 e. The van der Waals surface area contributed by atoms with Gasteiger partial charge in [0.15, 0.2) is 0 Å². The van der Waals surface area contributed by atoms with Crippen LogP contribution >= 0.6 is 0 Å². The van der Waals surface area contributed by atoms with Crippen LogP contribution in [-0.2, 0) is 11.3 Å². The van der Waals surface area contributed by atoms with Gasteiger partial charge in [-0.15, -0.1) is 0 Å². The zero-order chi connectivity index (χ0) is 16.8. The highest BCUT2D eigenvalue weighted by molar-refractivity contribution is 5.93. The first-order valence-corrected chi connectivity index (χ1v) is 8.46. The molecule has 0 bridgehead atoms. The Morgan fingerprint density at radius 3 is 2.58 bits per heavy atom. The molecule has 1 heterocycles. The van der Waals surface area contributed by atoms with Crippen molar-refractivity contribution in [2.45, 2.75) is 19.1 Å². The number of carbonyl (C=O) groups excluding carboxylic acids is 1. The highest BCUT2D eigenvalue weighted by Gasteiger charge is 2.28. The van der Waals surface area contributed by atoms with Gasteiger partial charge >= 0.3 is 0 Å². The van der Waals surface area contributed by atoms with Crippen LogP contribution in [-0.4, -0.2) is 26.1 Å². The van der Waals surface area contributed by atoms with Gasteiger partial charge < -0.3 is 15.4 Å². The van der Waals surface area contributed by atoms with Gasteiger partial charge in [0.25, 0.3) is 5.91 Å². The number of nitrogens with one attached hydrogen (secondary N) is 2. The normalized spacial score (nSPS) is 20.0. The van der Waals surface area contributed by atoms with Crippen LogP contribution < -0.4 is 10.6 Å². The van der Waals surface area contributed by atoms with Crippen LogP contribution in [0.2, 0.25) is 0 Å². The quantitative estimate of drug-likeness (QED) is 0.859. The van der Waals surface area contributed by atoms with Crippen molar-refractivity contribution in [1.29, 1.82) is 0 Å². The number of rotatable bonds is 6. The molecule has 0 radical (unpaired) electrons. The van der Waals surface area contributed by atoms with E-state index in [-0.39, 0.29) is 12.0 Å². The molecular formula is C20H24N2O2. The summed E-state index contributed by atoms with van der Waals surface area (Å²) in [6.45, 7) is 2.55. The fourth-order valence-corrected chi connectivity index (χ4v) is 3.17. The maximum Gasteiger partial charge on any atom is 0.251 e. The van der Waals surface area contributed by atoms with E-state index in [1.807, 2.05) is 30.3 Å². The van der Waals surface area contributed by atoms with Gasteiger partial charge in [-0.25, -0.2) is 0 Å². The van der Waals surface area contributed by atoms with Crippen LogP contribution in [0, 0.1) is 5.92 Å². The molecule has 24 heavy (non-hydrogen) atoms. The lowest BCUT2D eigenvalue weighted by molar-refractivity contribution is 0.0904. The number of hydrogen-bond donors (Lipinski definition) is 2. The van der Waals surface area contributed by atoms with Gasteiger partial charge in [0.2, 0.25) is 0 Å². The zero-order valence-electron chi connectivity index (χ0n) is 14.0. The van der Waals surface area contributed by atoms with Crippen LogP contribution in [0.1, 0.15) is 34.0 Å². The lowest BCUT2D eigenvalue weighted by Gasteiger charge is -2.19. The van der Waals surface area contributed by atoms with Crippen molar-refractivity contribution in [3.8, 4) is 0 Å². The molecule has 2 atom stereocenters. The number of hydrogen-bond acceptors (Lipinski definition) is 3. The first-order valence-electron chi connectivity index (χ1n) is 8.46. The summed E-state index contributed by atoms with van der Waals surface area (Å²) < 4.78 is 5.92. The Hall–Kier alpha value is -2.17. The minimum absolute atomic E-state index is 0.0525. The second kappa shape index (κ2) is 8.08. The molecule has 1 amide bonds. The smallest absolute Gasteiger partial charge is 0.251 e. The fraction of sp³-hybridized carbons (Fsp3) is 0.350. The standard InChI is InChI=1S/C20H24N2O2/c1-21-20(23)17-9-7-15(8-10-17)13-22-14-18-11-12-24-19(18)16-5-3-2-4-6-16/h2-10,18-19,22H,11-14H2,1H3,(H,21,23)/t18-,19-/m1/s1. The lowest BCUT2D eigenvalue weighted by atomic mass is 9.95. The molecule has 0 spiro atoms. The Morgan fingerprint density at radius 2 is 1.88 bits per heavy atom. The molecule has 2 aromatic rings. The second-order valence-corrected chi connectivity index (χ2v) is 6.16. The molecular weight excluding hydrogens is 300 g/mol. The van der Waals surface area contributed by atoms with Crippen LogP contribution in [0.25, 0.3) is 0 Å². The number of benzene rings is 2. The third kappa shape index (κ3) is 4.02. The van der Waals surface area contributed by atoms with Gasteiger partial charge in [0, 0.05) is 38.2 Å². The highest BCUT2D eigenvalue weighted by atomic mass is 16.5. The third-order valence-electron chi connectivity index (χ3n) is 4.52. The fourth-order valence-electron chi connectivity index (χ4n) is 3.17. The molecule has 126 valence electrons. The second-order valence-electron chi connectivity index (χ2n) is 6.16. The van der Waals surface area contributed by atoms with E-state index in [1.54, 1.807) is 7.05 Å². The van der Waals surface area contributed by atoms with Gasteiger partial charge in [0.1, 0.15) is 0 Å². The van der Waals surface area contributed by atoms with Crippen molar-refractivity contribution in [1.82, 2.24) is 10.6 Å². The molecule has 1 aliphatic heterocycles. The predicted molar refractivity (Wildman–Crippen MR) is 94.8 cm³/mol. The van der Waals surface area contributed by atoms with Crippen molar-refractivity contribution in [3.05, 3.63) is 71.3 Å². The topological polar surface area (TPSA) is 50.4 Å². The van der Waals surface area contributed by atoms with Gasteiger partial charge in [-0.05, 0) is 29.7 Å². The molecule has 0 aromatic heterocycles. The average Bonchev–Trinajstić information content (AvgIpc) is 3.11. The molecule has 4 nitrogen and oxygen atoms in total. The van der Waals surface area contributed by atoms with E-state index in [0.717, 1.165) is 26.1 Å². The largest absolute Gasteiger partial charge is 0.373 e. The first-order chi connectivity index (χ1) is 11.8. The van der Waals surface area contributed by atoms with Crippen molar-refractivity contribution in [2.24, 2.45) is 5.92 Å². The highest BCUT2D eigenvalue weighted by Crippen LogP contribution is 2.33. The van der Waals surface area contributed by atoms with Gasteiger partial charge in [-0.2, -0.15) is 0 Å². The van der Waals surface area contributed by atoms with E-state index < -0.39 is 0 Å². The van der Waals surface area contributed by atoms with Crippen LogP contribution in [0.15, 0.2) is 54.6 Å². The summed E-state index contributed by atoms with van der Waals surface area (Å²) in [7, 11) is 1.64. The van der Waals surface area contributed by atoms with Crippen LogP contribution in [0.3, 0.4) is 0 Å². The van der Waals surface area contributed by atoms with E-state index in [0.29, 0.717) is 11.5 Å². The SMILES string of the molecule is CNC(=O)c1ccc(CNC[C@H]2CCO[C@@H]2c2ccccc2)cc1. The maximum absolute atomic E-state index is 11.5. The Kier molecular flexibility index (Phi) is 5.62. The predicted octanol–water partition coefficient (Wildman–Crippen LogP) is 2.91. The molecule has 1 aliphatic rings. The summed E-state index contributed by atoms with van der Waals surface area (Å²) in [6.07, 6.45) is 1.27. The number of amides is 1. The summed E-state index contributed by atoms with van der Waals surface area (Å²) in [5.74, 6) is 0.445. The van der Waals surface area contributed by atoms with E-state index in [2.05, 4.69) is 34.9 Å². The molecule has 1 fully saturated rings. The van der Waals surface area contributed by atoms with Crippen molar-refractivity contribution >= 4 is 5.91 Å². The van der Waals surface area contributed by atoms with Gasteiger partial charge in [-0.1, -0.05) is 42.5 Å².